The van der Waals surface area contributed by atoms with E-state index in [1.807, 2.05) is 0 Å². The lowest BCUT2D eigenvalue weighted by molar-refractivity contribution is 0.568. The third-order valence-corrected chi connectivity index (χ3v) is 14.7. The van der Waals surface area contributed by atoms with Gasteiger partial charge in [-0.15, -0.1) is 0 Å². The molecule has 0 radical (unpaired) electrons. The standard InChI is InChI=1S/C62H66/c1-58(2,3)38-25-26-43-48(33-38)44-21-18-24-47-54(44)49(43)34-50-52(36-27-39(59(4,5)6)31-40(28-36)60(7,8)9)56-45-22-16-19-35-20-17-23-46(51(35)45)57(56)53(55(47)50)37-29-41(61(10,11)12)32-42(30-37)62(13,14)15/h16-35,51H,1-15H3. The van der Waals surface area contributed by atoms with Gasteiger partial charge in [-0.05, 0) is 155 Å². The summed E-state index contributed by atoms with van der Waals surface area (Å²) in [6, 6.07) is 32.3. The summed E-state index contributed by atoms with van der Waals surface area (Å²) in [5.74, 6) is 0.603. The van der Waals surface area contributed by atoms with Crippen molar-refractivity contribution in [3.63, 3.8) is 0 Å². The molecule has 0 fully saturated rings. The monoisotopic (exact) mass is 811 g/mol. The van der Waals surface area contributed by atoms with Crippen LogP contribution < -0.4 is 0 Å². The van der Waals surface area contributed by atoms with E-state index in [4.69, 9.17) is 0 Å². The molecule has 4 aliphatic carbocycles. The van der Waals surface area contributed by atoms with Crippen LogP contribution in [0.3, 0.4) is 0 Å². The van der Waals surface area contributed by atoms with Gasteiger partial charge in [-0.2, -0.15) is 0 Å². The fraction of sp³-hybridized carbons (Fsp3) is 0.355. The van der Waals surface area contributed by atoms with Gasteiger partial charge in [-0.25, -0.2) is 0 Å². The van der Waals surface area contributed by atoms with Gasteiger partial charge in [-0.1, -0.05) is 207 Å². The summed E-state index contributed by atoms with van der Waals surface area (Å²) in [5.41, 5.74) is 23.5. The van der Waals surface area contributed by atoms with Crippen molar-refractivity contribution in [2.24, 2.45) is 11.8 Å². The lowest BCUT2D eigenvalue weighted by Crippen LogP contribution is -2.17. The Morgan fingerprint density at radius 1 is 0.355 bits per heavy atom. The molecule has 10 rings (SSSR count). The smallest absolute Gasteiger partial charge is 0.0200 e. The van der Waals surface area contributed by atoms with E-state index in [9.17, 15) is 0 Å². The maximum absolute atomic E-state index is 2.63. The summed E-state index contributed by atoms with van der Waals surface area (Å²) in [5, 5.41) is 5.48. The number of allylic oxidation sites excluding steroid dienone is 8. The molecule has 2 atom stereocenters. The van der Waals surface area contributed by atoms with Gasteiger partial charge in [0.25, 0.3) is 0 Å². The van der Waals surface area contributed by atoms with Crippen LogP contribution in [0.5, 0.6) is 0 Å². The van der Waals surface area contributed by atoms with E-state index in [-0.39, 0.29) is 33.0 Å². The molecule has 0 aliphatic heterocycles. The first-order valence-corrected chi connectivity index (χ1v) is 23.3. The minimum absolute atomic E-state index is 0.0244. The molecule has 0 N–H and O–H groups in total. The van der Waals surface area contributed by atoms with E-state index in [1.54, 1.807) is 0 Å². The van der Waals surface area contributed by atoms with Gasteiger partial charge >= 0.3 is 0 Å². The Bertz CT molecular complexity index is 2990. The molecule has 0 heterocycles. The highest BCUT2D eigenvalue weighted by Crippen LogP contribution is 2.62. The molecule has 0 amide bonds. The molecule has 0 saturated heterocycles. The first kappa shape index (κ1) is 40.8. The van der Waals surface area contributed by atoms with Crippen LogP contribution in [0, 0.1) is 11.8 Å². The molecule has 0 spiro atoms. The van der Waals surface area contributed by atoms with Gasteiger partial charge in [-0.3, -0.25) is 0 Å². The molecule has 314 valence electrons. The van der Waals surface area contributed by atoms with Crippen molar-refractivity contribution in [1.82, 2.24) is 0 Å². The van der Waals surface area contributed by atoms with Crippen LogP contribution in [-0.2, 0) is 27.1 Å². The van der Waals surface area contributed by atoms with Crippen molar-refractivity contribution in [1.29, 1.82) is 0 Å². The third kappa shape index (κ3) is 6.21. The second-order valence-electron chi connectivity index (χ2n) is 24.3. The van der Waals surface area contributed by atoms with E-state index in [0.717, 1.165) is 0 Å². The fourth-order valence-electron chi connectivity index (χ4n) is 10.9. The molecule has 62 heavy (non-hydrogen) atoms. The van der Waals surface area contributed by atoms with Crippen molar-refractivity contribution in [2.45, 2.75) is 131 Å². The SMILES string of the molecule is CC(C)(C)c1cc(-c2c3c(c(-c4cc(C(C)(C)C)cc(C(C)(C)C)c4)c4c2cc2c5c(cccc54)-c4cc(C(C)(C)C)ccc4-2)C2=CC=CC4C=CC=C3C24)cc(C(C)(C)C)c1. The minimum atomic E-state index is -0.0260. The van der Waals surface area contributed by atoms with Crippen molar-refractivity contribution in [3.05, 3.63) is 154 Å². The van der Waals surface area contributed by atoms with E-state index in [1.165, 1.54) is 116 Å². The second kappa shape index (κ2) is 13.2. The lowest BCUT2D eigenvalue weighted by Gasteiger charge is -2.29. The van der Waals surface area contributed by atoms with Crippen LogP contribution >= 0.6 is 0 Å². The van der Waals surface area contributed by atoms with Gasteiger partial charge in [0.15, 0.2) is 0 Å². The highest BCUT2D eigenvalue weighted by atomic mass is 14.5. The maximum Gasteiger partial charge on any atom is 0.0200 e. The van der Waals surface area contributed by atoms with E-state index < -0.39 is 0 Å². The Morgan fingerprint density at radius 3 is 1.34 bits per heavy atom. The highest BCUT2D eigenvalue weighted by molar-refractivity contribution is 6.31. The molecule has 4 aliphatic rings. The second-order valence-corrected chi connectivity index (χ2v) is 24.3. The quantitative estimate of drug-likeness (QED) is 0.153. The van der Waals surface area contributed by atoms with Crippen LogP contribution in [0.4, 0.5) is 0 Å². The molecule has 0 heteroatoms. The zero-order chi connectivity index (χ0) is 44.2. The average Bonchev–Trinajstić information content (AvgIpc) is 3.69. The highest BCUT2D eigenvalue weighted by Gasteiger charge is 2.43. The number of fused-ring (bicyclic) bond motifs is 8. The summed E-state index contributed by atoms with van der Waals surface area (Å²) in [6.07, 6.45) is 14.5. The number of rotatable bonds is 2. The summed E-state index contributed by atoms with van der Waals surface area (Å²) in [6.45, 7) is 35.5. The summed E-state index contributed by atoms with van der Waals surface area (Å²) in [4.78, 5) is 0. The zero-order valence-electron chi connectivity index (χ0n) is 40.1. The molecular weight excluding hydrogens is 745 g/mol. The summed E-state index contributed by atoms with van der Waals surface area (Å²) in [7, 11) is 0. The largest absolute Gasteiger partial charge is 0.0767 e. The Labute approximate surface area is 372 Å². The summed E-state index contributed by atoms with van der Waals surface area (Å²) >= 11 is 0. The van der Waals surface area contributed by atoms with Gasteiger partial charge in [0.2, 0.25) is 0 Å². The summed E-state index contributed by atoms with van der Waals surface area (Å²) < 4.78 is 0. The molecule has 6 aromatic carbocycles. The molecule has 0 bridgehead atoms. The minimum Gasteiger partial charge on any atom is -0.0767 e. The molecule has 0 saturated carbocycles. The van der Waals surface area contributed by atoms with Gasteiger partial charge in [0, 0.05) is 11.8 Å². The molecular formula is C62H66. The Hall–Kier alpha value is -5.20. The normalized spacial score (nSPS) is 18.0. The van der Waals surface area contributed by atoms with Crippen LogP contribution in [0.1, 0.15) is 143 Å². The van der Waals surface area contributed by atoms with Crippen LogP contribution in [0.15, 0.2) is 115 Å². The van der Waals surface area contributed by atoms with Crippen LogP contribution in [0.25, 0.3) is 77.2 Å². The van der Waals surface area contributed by atoms with Crippen LogP contribution in [0.2, 0.25) is 0 Å². The number of hydrogen-bond donors (Lipinski definition) is 0. The van der Waals surface area contributed by atoms with E-state index in [2.05, 4.69) is 219 Å². The number of hydrogen-bond acceptors (Lipinski definition) is 0. The lowest BCUT2D eigenvalue weighted by atomic mass is 9.75. The fourth-order valence-corrected chi connectivity index (χ4v) is 10.9. The predicted molar refractivity (Wildman–Crippen MR) is 271 cm³/mol. The van der Waals surface area contributed by atoms with Crippen LogP contribution in [-0.4, -0.2) is 0 Å². The topological polar surface area (TPSA) is 0 Å². The first-order valence-electron chi connectivity index (χ1n) is 23.3. The molecule has 6 aromatic rings. The van der Waals surface area contributed by atoms with E-state index in [0.29, 0.717) is 5.92 Å². The number of benzene rings is 6. The Balaban J connectivity index is 1.48. The Morgan fingerprint density at radius 2 is 0.839 bits per heavy atom. The van der Waals surface area contributed by atoms with Gasteiger partial charge in [0.05, 0.1) is 0 Å². The van der Waals surface area contributed by atoms with Crippen molar-refractivity contribution < 1.29 is 0 Å². The molecule has 0 nitrogen and oxygen atoms in total. The van der Waals surface area contributed by atoms with Crippen molar-refractivity contribution in [3.8, 4) is 44.5 Å². The van der Waals surface area contributed by atoms with Crippen molar-refractivity contribution in [2.75, 3.05) is 0 Å². The van der Waals surface area contributed by atoms with Gasteiger partial charge in [0.1, 0.15) is 0 Å². The predicted octanol–water partition coefficient (Wildman–Crippen LogP) is 17.6. The maximum atomic E-state index is 2.63. The molecule has 2 unspecified atom stereocenters. The Kier molecular flexibility index (Phi) is 8.68. The first-order chi connectivity index (χ1) is 28.9. The van der Waals surface area contributed by atoms with E-state index >= 15 is 0 Å². The third-order valence-electron chi connectivity index (χ3n) is 14.7. The van der Waals surface area contributed by atoms with Gasteiger partial charge < -0.3 is 0 Å². The molecule has 0 aromatic heterocycles. The zero-order valence-corrected chi connectivity index (χ0v) is 40.1. The van der Waals surface area contributed by atoms with Crippen molar-refractivity contribution >= 4 is 32.7 Å². The average molecular weight is 811 g/mol.